The second kappa shape index (κ2) is 9.53. The number of methoxy groups -OCH3 is 2. The number of hydrogen-bond acceptors (Lipinski definition) is 4. The van der Waals surface area contributed by atoms with Crippen LogP contribution in [0.1, 0.15) is 18.9 Å². The summed E-state index contributed by atoms with van der Waals surface area (Å²) < 4.78 is 16.1. The van der Waals surface area contributed by atoms with Crippen molar-refractivity contribution in [2.24, 2.45) is 0 Å². The normalized spacial score (nSPS) is 13.3. The van der Waals surface area contributed by atoms with Gasteiger partial charge in [0.15, 0.2) is 0 Å². The Morgan fingerprint density at radius 1 is 1.25 bits per heavy atom. The molecule has 0 saturated heterocycles. The number of hydrogen-bond donors (Lipinski definition) is 1. The van der Waals surface area contributed by atoms with Crippen LogP contribution in [0.5, 0.6) is 5.75 Å². The summed E-state index contributed by atoms with van der Waals surface area (Å²) in [5.74, 6) is 0.845. The topological polar surface area (TPSA) is 47.9 Å². The van der Waals surface area contributed by atoms with Gasteiger partial charge < -0.3 is 19.3 Å². The lowest BCUT2D eigenvalue weighted by molar-refractivity contribution is 0.0672. The fourth-order valence-corrected chi connectivity index (χ4v) is 1.75. The van der Waals surface area contributed by atoms with Crippen molar-refractivity contribution >= 4 is 0 Å². The Labute approximate surface area is 121 Å². The molecule has 0 spiro atoms. The lowest BCUT2D eigenvalue weighted by atomic mass is 10.2. The minimum atomic E-state index is -0.0157. The molecule has 0 aliphatic heterocycles. The van der Waals surface area contributed by atoms with Gasteiger partial charge in [-0.1, -0.05) is 18.2 Å². The molecule has 0 aliphatic rings. The van der Waals surface area contributed by atoms with Crippen molar-refractivity contribution in [3.8, 4) is 5.75 Å². The summed E-state index contributed by atoms with van der Waals surface area (Å²) in [5, 5.41) is 8.98. The predicted molar refractivity (Wildman–Crippen MR) is 78.9 cm³/mol. The molecular formula is C16H24O4. The zero-order valence-corrected chi connectivity index (χ0v) is 12.5. The van der Waals surface area contributed by atoms with Gasteiger partial charge >= 0.3 is 0 Å². The van der Waals surface area contributed by atoms with E-state index in [4.69, 9.17) is 19.3 Å². The molecule has 112 valence electrons. The Kier molecular flexibility index (Phi) is 7.95. The molecule has 0 aromatic heterocycles. The fourth-order valence-electron chi connectivity index (χ4n) is 1.75. The Morgan fingerprint density at radius 3 is 2.50 bits per heavy atom. The smallest absolute Gasteiger partial charge is 0.118 e. The van der Waals surface area contributed by atoms with Crippen LogP contribution in [0, 0.1) is 0 Å². The number of benzene rings is 1. The summed E-state index contributed by atoms with van der Waals surface area (Å²) in [5.41, 5.74) is 2.02. The van der Waals surface area contributed by atoms with Gasteiger partial charge in [0.2, 0.25) is 0 Å². The van der Waals surface area contributed by atoms with E-state index < -0.39 is 0 Å². The van der Waals surface area contributed by atoms with E-state index in [2.05, 4.69) is 0 Å². The van der Waals surface area contributed by atoms with Crippen LogP contribution in [-0.4, -0.2) is 38.6 Å². The Morgan fingerprint density at radius 2 is 1.95 bits per heavy atom. The minimum absolute atomic E-state index is 0.0157. The van der Waals surface area contributed by atoms with Crippen LogP contribution in [0.15, 0.2) is 35.9 Å². The SMILES string of the molecule is COc1ccc(COCC[C@@H](/C=C(\C)CO)OC)cc1. The maximum absolute atomic E-state index is 8.98. The van der Waals surface area contributed by atoms with Gasteiger partial charge in [-0.2, -0.15) is 0 Å². The van der Waals surface area contributed by atoms with Crippen LogP contribution in [0.3, 0.4) is 0 Å². The first kappa shape index (κ1) is 16.7. The first-order valence-corrected chi connectivity index (χ1v) is 6.71. The molecule has 4 heteroatoms. The van der Waals surface area contributed by atoms with Crippen LogP contribution in [0.25, 0.3) is 0 Å². The summed E-state index contributed by atoms with van der Waals surface area (Å²) in [4.78, 5) is 0. The lowest BCUT2D eigenvalue weighted by Gasteiger charge is -2.12. The van der Waals surface area contributed by atoms with Crippen LogP contribution in [-0.2, 0) is 16.1 Å². The molecule has 0 heterocycles. The van der Waals surface area contributed by atoms with Gasteiger partial charge in [-0.3, -0.25) is 0 Å². The standard InChI is InChI=1S/C16H24O4/c1-13(11-17)10-16(19-3)8-9-20-12-14-4-6-15(18-2)7-5-14/h4-7,10,16-17H,8-9,11-12H2,1-3H3/b13-10+/t16-/m0/s1. The molecule has 1 aromatic carbocycles. The van der Waals surface area contributed by atoms with E-state index in [1.165, 1.54) is 0 Å². The van der Waals surface area contributed by atoms with Crippen LogP contribution >= 0.6 is 0 Å². The van der Waals surface area contributed by atoms with Crippen molar-refractivity contribution in [2.75, 3.05) is 27.4 Å². The molecule has 0 fully saturated rings. The third kappa shape index (κ3) is 6.19. The molecule has 4 nitrogen and oxygen atoms in total. The van der Waals surface area contributed by atoms with E-state index in [9.17, 15) is 0 Å². The first-order valence-electron chi connectivity index (χ1n) is 6.71. The molecule has 0 saturated carbocycles. The molecular weight excluding hydrogens is 256 g/mol. The number of rotatable bonds is 9. The highest BCUT2D eigenvalue weighted by molar-refractivity contribution is 5.26. The van der Waals surface area contributed by atoms with Crippen LogP contribution in [0.4, 0.5) is 0 Å². The summed E-state index contributed by atoms with van der Waals surface area (Å²) in [6.07, 6.45) is 2.68. The van der Waals surface area contributed by atoms with E-state index in [0.717, 1.165) is 23.3 Å². The third-order valence-electron chi connectivity index (χ3n) is 3.00. The van der Waals surface area contributed by atoms with Gasteiger partial charge in [0.05, 0.1) is 26.4 Å². The quantitative estimate of drug-likeness (QED) is 0.558. The van der Waals surface area contributed by atoms with Crippen LogP contribution in [0.2, 0.25) is 0 Å². The van der Waals surface area contributed by atoms with Crippen molar-refractivity contribution in [1.29, 1.82) is 0 Å². The largest absolute Gasteiger partial charge is 0.497 e. The summed E-state index contributed by atoms with van der Waals surface area (Å²) >= 11 is 0. The first-order chi connectivity index (χ1) is 9.69. The van der Waals surface area contributed by atoms with Gasteiger partial charge in [0.25, 0.3) is 0 Å². The summed E-state index contributed by atoms with van der Waals surface area (Å²) in [7, 11) is 3.31. The van der Waals surface area contributed by atoms with Crippen molar-refractivity contribution in [3.63, 3.8) is 0 Å². The second-order valence-corrected chi connectivity index (χ2v) is 4.63. The second-order valence-electron chi connectivity index (χ2n) is 4.63. The maximum Gasteiger partial charge on any atom is 0.118 e. The summed E-state index contributed by atoms with van der Waals surface area (Å²) in [6.45, 7) is 3.12. The van der Waals surface area contributed by atoms with Crippen molar-refractivity contribution < 1.29 is 19.3 Å². The molecule has 20 heavy (non-hydrogen) atoms. The third-order valence-corrected chi connectivity index (χ3v) is 3.00. The Hall–Kier alpha value is -1.36. The molecule has 1 aromatic rings. The van der Waals surface area contributed by atoms with E-state index in [-0.39, 0.29) is 12.7 Å². The molecule has 1 N–H and O–H groups in total. The van der Waals surface area contributed by atoms with Gasteiger partial charge in [-0.05, 0) is 30.2 Å². The Balaban J connectivity index is 2.29. The zero-order valence-electron chi connectivity index (χ0n) is 12.5. The van der Waals surface area contributed by atoms with Crippen LogP contribution < -0.4 is 4.74 Å². The monoisotopic (exact) mass is 280 g/mol. The number of aliphatic hydroxyl groups is 1. The van der Waals surface area contributed by atoms with Gasteiger partial charge in [0, 0.05) is 20.1 Å². The lowest BCUT2D eigenvalue weighted by Crippen LogP contribution is -2.12. The van der Waals surface area contributed by atoms with Crippen molar-refractivity contribution in [1.82, 2.24) is 0 Å². The molecule has 0 unspecified atom stereocenters. The summed E-state index contributed by atoms with van der Waals surface area (Å²) in [6, 6.07) is 7.82. The van der Waals surface area contributed by atoms with E-state index in [0.29, 0.717) is 13.2 Å². The molecule has 0 aliphatic carbocycles. The highest BCUT2D eigenvalue weighted by Crippen LogP contribution is 2.12. The van der Waals surface area contributed by atoms with E-state index >= 15 is 0 Å². The zero-order chi connectivity index (χ0) is 14.8. The molecule has 1 atom stereocenters. The number of ether oxygens (including phenoxy) is 3. The Bertz CT molecular complexity index is 397. The van der Waals surface area contributed by atoms with Crippen molar-refractivity contribution in [3.05, 3.63) is 41.5 Å². The van der Waals surface area contributed by atoms with Crippen molar-refractivity contribution in [2.45, 2.75) is 26.1 Å². The van der Waals surface area contributed by atoms with E-state index in [1.54, 1.807) is 14.2 Å². The highest BCUT2D eigenvalue weighted by atomic mass is 16.5. The van der Waals surface area contributed by atoms with Gasteiger partial charge in [0.1, 0.15) is 5.75 Å². The van der Waals surface area contributed by atoms with Gasteiger partial charge in [-0.25, -0.2) is 0 Å². The minimum Gasteiger partial charge on any atom is -0.497 e. The molecule has 1 rings (SSSR count). The molecule has 0 bridgehead atoms. The highest BCUT2D eigenvalue weighted by Gasteiger charge is 2.04. The predicted octanol–water partition coefficient (Wildman–Crippen LogP) is 2.56. The molecule has 0 amide bonds. The number of aliphatic hydroxyl groups excluding tert-OH is 1. The fraction of sp³-hybridized carbons (Fsp3) is 0.500. The maximum atomic E-state index is 8.98. The van der Waals surface area contributed by atoms with E-state index in [1.807, 2.05) is 37.3 Å². The molecule has 0 radical (unpaired) electrons. The average molecular weight is 280 g/mol. The average Bonchev–Trinajstić information content (AvgIpc) is 2.50. The van der Waals surface area contributed by atoms with Gasteiger partial charge in [-0.15, -0.1) is 0 Å².